The zero-order valence-electron chi connectivity index (χ0n) is 21.4. The van der Waals surface area contributed by atoms with Crippen molar-refractivity contribution in [3.8, 4) is 5.75 Å². The zero-order chi connectivity index (χ0) is 24.8. The van der Waals surface area contributed by atoms with Gasteiger partial charge in [0.05, 0.1) is 33.1 Å². The Kier molecular flexibility index (Phi) is 8.41. The Morgan fingerprint density at radius 1 is 1.00 bits per heavy atom. The maximum absolute atomic E-state index is 9.19. The molecule has 6 nitrogen and oxygen atoms in total. The Bertz CT molecular complexity index is 1050. The van der Waals surface area contributed by atoms with Gasteiger partial charge in [0, 0.05) is 25.8 Å². The van der Waals surface area contributed by atoms with E-state index in [1.807, 2.05) is 10.9 Å². The molecule has 2 heterocycles. The number of methoxy groups -OCH3 is 1. The van der Waals surface area contributed by atoms with E-state index in [0.29, 0.717) is 17.9 Å². The predicted octanol–water partition coefficient (Wildman–Crippen LogP) is 4.23. The number of aliphatic hydroxyl groups is 1. The third-order valence-corrected chi connectivity index (χ3v) is 12.1. The first-order valence-corrected chi connectivity index (χ1v) is 15.8. The highest BCUT2D eigenvalue weighted by Gasteiger charge is 2.50. The summed E-state index contributed by atoms with van der Waals surface area (Å²) in [5.74, 6) is 1.38. The molecule has 1 aromatic heterocycles. The first kappa shape index (κ1) is 25.6. The lowest BCUT2D eigenvalue weighted by molar-refractivity contribution is 0.0250. The van der Waals surface area contributed by atoms with Crippen LogP contribution in [-0.4, -0.2) is 54.1 Å². The topological polar surface area (TPSA) is 69.4 Å². The van der Waals surface area contributed by atoms with Gasteiger partial charge in [-0.15, -0.1) is 5.10 Å². The van der Waals surface area contributed by atoms with Gasteiger partial charge >= 0.3 is 0 Å². The summed E-state index contributed by atoms with van der Waals surface area (Å²) in [5.41, 5.74) is 2.70. The average Bonchev–Trinajstić information content (AvgIpc) is 3.46. The Balaban J connectivity index is 1.53. The molecule has 2 aromatic carbocycles. The first-order valence-electron chi connectivity index (χ1n) is 12.8. The van der Waals surface area contributed by atoms with Gasteiger partial charge in [0.2, 0.25) is 0 Å². The number of hydrogen-bond acceptors (Lipinski definition) is 5. The van der Waals surface area contributed by atoms with Crippen molar-refractivity contribution in [3.63, 3.8) is 0 Å². The minimum atomic E-state index is -1.86. The number of hydrogen-bond donors (Lipinski definition) is 1. The lowest BCUT2D eigenvalue weighted by Gasteiger charge is -2.36. The highest BCUT2D eigenvalue weighted by molar-refractivity contribution is 6.91. The lowest BCUT2D eigenvalue weighted by Crippen LogP contribution is -2.50. The van der Waals surface area contributed by atoms with Crippen LogP contribution < -0.4 is 9.92 Å². The standard InChI is InChI=1S/C28H39N3O3Si/c1-21-26(15-10-22-8-6-5-7-9-22)34-27(16-18-31-20-23(17-19-32)29-30-31)28(21)35(3,4)25-13-11-24(33-2)12-14-25/h5-9,11-14,20-21,26-28,32H,10,15-19H2,1-4H3/t21-,26+,27-,28+/m0/s1. The molecule has 35 heavy (non-hydrogen) atoms. The molecule has 188 valence electrons. The molecule has 1 saturated heterocycles. The molecular weight excluding hydrogens is 454 g/mol. The second-order valence-corrected chi connectivity index (χ2v) is 15.0. The minimum Gasteiger partial charge on any atom is -0.497 e. The molecule has 4 atom stereocenters. The lowest BCUT2D eigenvalue weighted by atomic mass is 9.95. The van der Waals surface area contributed by atoms with E-state index in [4.69, 9.17) is 9.47 Å². The predicted molar refractivity (Wildman–Crippen MR) is 142 cm³/mol. The quantitative estimate of drug-likeness (QED) is 0.405. The second kappa shape index (κ2) is 11.5. The van der Waals surface area contributed by atoms with Crippen molar-refractivity contribution in [2.75, 3.05) is 13.7 Å². The fraction of sp³-hybridized carbons (Fsp3) is 0.500. The largest absolute Gasteiger partial charge is 0.497 e. The van der Waals surface area contributed by atoms with E-state index in [-0.39, 0.29) is 18.8 Å². The van der Waals surface area contributed by atoms with Crippen molar-refractivity contribution >= 4 is 13.3 Å². The summed E-state index contributed by atoms with van der Waals surface area (Å²) < 4.78 is 14.2. The van der Waals surface area contributed by atoms with Crippen LogP contribution in [0.4, 0.5) is 0 Å². The highest BCUT2D eigenvalue weighted by atomic mass is 28.3. The molecule has 1 aliphatic rings. The number of ether oxygens (including phenoxy) is 2. The summed E-state index contributed by atoms with van der Waals surface area (Å²) in [6, 6.07) is 19.4. The van der Waals surface area contributed by atoms with Crippen molar-refractivity contribution in [2.45, 2.75) is 70.0 Å². The third-order valence-electron chi connectivity index (χ3n) is 7.73. The first-order chi connectivity index (χ1) is 16.9. The van der Waals surface area contributed by atoms with Gasteiger partial charge in [0.25, 0.3) is 0 Å². The Labute approximate surface area is 210 Å². The van der Waals surface area contributed by atoms with Gasteiger partial charge < -0.3 is 14.6 Å². The van der Waals surface area contributed by atoms with Crippen LogP contribution >= 0.6 is 0 Å². The van der Waals surface area contributed by atoms with Crippen LogP contribution in [0.5, 0.6) is 5.75 Å². The van der Waals surface area contributed by atoms with Crippen LogP contribution in [0.25, 0.3) is 0 Å². The van der Waals surface area contributed by atoms with Gasteiger partial charge in [-0.05, 0) is 48.4 Å². The van der Waals surface area contributed by atoms with Crippen molar-refractivity contribution < 1.29 is 14.6 Å². The highest BCUT2D eigenvalue weighted by Crippen LogP contribution is 2.46. The number of aryl methyl sites for hydroxylation is 2. The molecule has 0 aliphatic carbocycles. The fourth-order valence-corrected chi connectivity index (χ4v) is 9.92. The van der Waals surface area contributed by atoms with Gasteiger partial charge in [-0.1, -0.05) is 72.9 Å². The van der Waals surface area contributed by atoms with Gasteiger partial charge in [-0.2, -0.15) is 0 Å². The Morgan fingerprint density at radius 2 is 1.74 bits per heavy atom. The maximum Gasteiger partial charge on any atom is 0.118 e. The smallest absolute Gasteiger partial charge is 0.118 e. The zero-order valence-corrected chi connectivity index (χ0v) is 22.4. The van der Waals surface area contributed by atoms with Gasteiger partial charge in [-0.25, -0.2) is 0 Å². The van der Waals surface area contributed by atoms with E-state index in [9.17, 15) is 5.11 Å². The fourth-order valence-electron chi connectivity index (χ4n) is 5.81. The van der Waals surface area contributed by atoms with E-state index >= 15 is 0 Å². The summed E-state index contributed by atoms with van der Waals surface area (Å²) in [5, 5.41) is 19.1. The van der Waals surface area contributed by atoms with E-state index in [1.54, 1.807) is 7.11 Å². The summed E-state index contributed by atoms with van der Waals surface area (Å²) in [4.78, 5) is 0. The van der Waals surface area contributed by atoms with Gasteiger partial charge in [-0.3, -0.25) is 4.68 Å². The molecule has 0 saturated carbocycles. The number of aromatic nitrogens is 3. The average molecular weight is 494 g/mol. The number of aliphatic hydroxyl groups excluding tert-OH is 1. The molecule has 0 amide bonds. The Morgan fingerprint density at radius 3 is 2.43 bits per heavy atom. The molecule has 1 N–H and O–H groups in total. The SMILES string of the molecule is COc1ccc([Si](C)(C)[C@@H]2[C@@H](C)[C@@H](CCc3ccccc3)O[C@H]2CCn2cc(CCO)nn2)cc1. The molecule has 0 unspecified atom stereocenters. The van der Waals surface area contributed by atoms with E-state index in [2.05, 4.69) is 84.9 Å². The normalized spacial score (nSPS) is 22.4. The van der Waals surface area contributed by atoms with Crippen molar-refractivity contribution in [1.82, 2.24) is 15.0 Å². The Hall–Kier alpha value is -2.48. The van der Waals surface area contributed by atoms with Crippen molar-refractivity contribution in [1.29, 1.82) is 0 Å². The van der Waals surface area contributed by atoms with Crippen LogP contribution in [0.15, 0.2) is 60.8 Å². The number of benzene rings is 2. The number of nitrogens with zero attached hydrogens (tertiary/aromatic N) is 3. The van der Waals surface area contributed by atoms with E-state index < -0.39 is 8.07 Å². The maximum atomic E-state index is 9.19. The monoisotopic (exact) mass is 493 g/mol. The van der Waals surface area contributed by atoms with Crippen molar-refractivity contribution in [2.24, 2.45) is 5.92 Å². The molecule has 1 aliphatic heterocycles. The summed E-state index contributed by atoms with van der Waals surface area (Å²) in [6.45, 7) is 8.23. The van der Waals surface area contributed by atoms with E-state index in [1.165, 1.54) is 10.8 Å². The summed E-state index contributed by atoms with van der Waals surface area (Å²) in [7, 11) is -0.147. The molecule has 3 aromatic rings. The molecule has 0 radical (unpaired) electrons. The molecule has 7 heteroatoms. The molecule has 1 fully saturated rings. The number of rotatable bonds is 11. The van der Waals surface area contributed by atoms with Gasteiger partial charge in [0.15, 0.2) is 0 Å². The third kappa shape index (κ3) is 6.02. The van der Waals surface area contributed by atoms with Crippen LogP contribution in [0.1, 0.15) is 31.0 Å². The second-order valence-electron chi connectivity index (χ2n) is 10.3. The van der Waals surface area contributed by atoms with Crippen molar-refractivity contribution in [3.05, 3.63) is 72.1 Å². The molecule has 4 rings (SSSR count). The summed E-state index contributed by atoms with van der Waals surface area (Å²) >= 11 is 0. The van der Waals surface area contributed by atoms with Crippen LogP contribution in [-0.2, 0) is 24.1 Å². The molecule has 0 spiro atoms. The van der Waals surface area contributed by atoms with Crippen LogP contribution in [0.2, 0.25) is 18.6 Å². The van der Waals surface area contributed by atoms with Gasteiger partial charge in [0.1, 0.15) is 5.75 Å². The van der Waals surface area contributed by atoms with Crippen LogP contribution in [0, 0.1) is 5.92 Å². The minimum absolute atomic E-state index is 0.0920. The molecule has 0 bridgehead atoms. The van der Waals surface area contributed by atoms with Crippen LogP contribution in [0.3, 0.4) is 0 Å². The van der Waals surface area contributed by atoms with E-state index in [0.717, 1.165) is 37.3 Å². The molecular formula is C28H39N3O3Si. The summed E-state index contributed by atoms with van der Waals surface area (Å²) in [6.07, 6.45) is 5.89.